The Morgan fingerprint density at radius 2 is 2.05 bits per heavy atom. The Labute approximate surface area is 117 Å². The molecule has 1 atom stereocenters. The molecule has 0 aliphatic carbocycles. The van der Waals surface area contributed by atoms with Crippen LogP contribution in [0.1, 0.15) is 45.1 Å². The fourth-order valence-corrected chi connectivity index (χ4v) is 1.93. The minimum atomic E-state index is 0.208. The molecule has 19 heavy (non-hydrogen) atoms. The van der Waals surface area contributed by atoms with Crippen molar-refractivity contribution in [3.8, 4) is 5.75 Å². The van der Waals surface area contributed by atoms with Gasteiger partial charge in [0.05, 0.1) is 12.3 Å². The average Bonchev–Trinajstić information content (AvgIpc) is 2.41. The van der Waals surface area contributed by atoms with Crippen molar-refractivity contribution in [3.05, 3.63) is 23.8 Å². The Balaban J connectivity index is 2.57. The normalized spacial score (nSPS) is 12.2. The maximum atomic E-state index is 6.09. The van der Waals surface area contributed by atoms with Gasteiger partial charge in [-0.25, -0.2) is 0 Å². The van der Waals surface area contributed by atoms with Gasteiger partial charge in [-0.2, -0.15) is 0 Å². The first-order valence-electron chi connectivity index (χ1n) is 7.40. The van der Waals surface area contributed by atoms with Gasteiger partial charge in [-0.05, 0) is 37.5 Å². The summed E-state index contributed by atoms with van der Waals surface area (Å²) in [5.41, 5.74) is 8.38. The van der Waals surface area contributed by atoms with Crippen LogP contribution in [0.2, 0.25) is 0 Å². The summed E-state index contributed by atoms with van der Waals surface area (Å²) in [6.45, 7) is 7.94. The van der Waals surface area contributed by atoms with Crippen LogP contribution in [0, 0.1) is 6.92 Å². The minimum Gasteiger partial charge on any atom is -0.491 e. The van der Waals surface area contributed by atoms with Crippen molar-refractivity contribution in [1.29, 1.82) is 0 Å². The third kappa shape index (κ3) is 5.97. The van der Waals surface area contributed by atoms with E-state index in [1.165, 1.54) is 18.4 Å². The summed E-state index contributed by atoms with van der Waals surface area (Å²) in [7, 11) is 0. The maximum absolute atomic E-state index is 6.09. The molecular formula is C16H28N2O. The summed E-state index contributed by atoms with van der Waals surface area (Å²) in [4.78, 5) is 0. The summed E-state index contributed by atoms with van der Waals surface area (Å²) in [5, 5.41) is 3.42. The van der Waals surface area contributed by atoms with E-state index in [1.807, 2.05) is 6.07 Å². The molecule has 0 fully saturated rings. The van der Waals surface area contributed by atoms with E-state index in [0.717, 1.165) is 37.4 Å². The molecule has 3 nitrogen and oxygen atoms in total. The van der Waals surface area contributed by atoms with Crippen molar-refractivity contribution < 1.29 is 4.74 Å². The Morgan fingerprint density at radius 3 is 2.74 bits per heavy atom. The molecule has 0 spiro atoms. The van der Waals surface area contributed by atoms with Crippen LogP contribution in [0.5, 0.6) is 5.75 Å². The summed E-state index contributed by atoms with van der Waals surface area (Å²) >= 11 is 0. The molecule has 1 aromatic rings. The minimum absolute atomic E-state index is 0.208. The summed E-state index contributed by atoms with van der Waals surface area (Å²) in [5.74, 6) is 0.926. The van der Waals surface area contributed by atoms with Crippen molar-refractivity contribution in [2.24, 2.45) is 5.73 Å². The van der Waals surface area contributed by atoms with Crippen molar-refractivity contribution in [2.75, 3.05) is 18.5 Å². The predicted octanol–water partition coefficient (Wildman–Crippen LogP) is 3.71. The van der Waals surface area contributed by atoms with Crippen molar-refractivity contribution in [1.82, 2.24) is 0 Å². The van der Waals surface area contributed by atoms with Gasteiger partial charge in [0.25, 0.3) is 0 Å². The highest BCUT2D eigenvalue weighted by Gasteiger charge is 2.06. The SMILES string of the molecule is CCCCC(N)CNc1cc(C)ccc1OCCC. The van der Waals surface area contributed by atoms with Crippen LogP contribution in [0.3, 0.4) is 0 Å². The quantitative estimate of drug-likeness (QED) is 0.714. The van der Waals surface area contributed by atoms with Gasteiger partial charge in [0, 0.05) is 12.6 Å². The molecule has 0 aliphatic heterocycles. The smallest absolute Gasteiger partial charge is 0.142 e. The average molecular weight is 264 g/mol. The molecule has 0 radical (unpaired) electrons. The zero-order valence-corrected chi connectivity index (χ0v) is 12.5. The third-order valence-corrected chi connectivity index (χ3v) is 3.08. The Morgan fingerprint density at radius 1 is 1.26 bits per heavy atom. The zero-order chi connectivity index (χ0) is 14.1. The first kappa shape index (κ1) is 15.8. The van der Waals surface area contributed by atoms with E-state index in [1.54, 1.807) is 0 Å². The van der Waals surface area contributed by atoms with Crippen LogP contribution in [-0.4, -0.2) is 19.2 Å². The van der Waals surface area contributed by atoms with E-state index in [2.05, 4.69) is 38.2 Å². The molecule has 0 saturated heterocycles. The van der Waals surface area contributed by atoms with Crippen molar-refractivity contribution >= 4 is 5.69 Å². The van der Waals surface area contributed by atoms with E-state index < -0.39 is 0 Å². The number of unbranched alkanes of at least 4 members (excludes halogenated alkanes) is 1. The largest absolute Gasteiger partial charge is 0.491 e. The number of nitrogens with one attached hydrogen (secondary N) is 1. The monoisotopic (exact) mass is 264 g/mol. The van der Waals surface area contributed by atoms with Crippen LogP contribution in [-0.2, 0) is 0 Å². The Hall–Kier alpha value is -1.22. The van der Waals surface area contributed by atoms with Gasteiger partial charge in [0.2, 0.25) is 0 Å². The number of nitrogens with two attached hydrogens (primary N) is 1. The lowest BCUT2D eigenvalue weighted by Gasteiger charge is -2.17. The fraction of sp³-hybridized carbons (Fsp3) is 0.625. The lowest BCUT2D eigenvalue weighted by Crippen LogP contribution is -2.29. The number of hydrogen-bond donors (Lipinski definition) is 2. The molecule has 0 aliphatic rings. The lowest BCUT2D eigenvalue weighted by atomic mass is 10.1. The molecule has 0 heterocycles. The van der Waals surface area contributed by atoms with E-state index in [4.69, 9.17) is 10.5 Å². The molecule has 1 unspecified atom stereocenters. The standard InChI is InChI=1S/C16H28N2O/c1-4-6-7-14(17)12-18-15-11-13(3)8-9-16(15)19-10-5-2/h8-9,11,14,18H,4-7,10,12,17H2,1-3H3. The fourth-order valence-electron chi connectivity index (χ4n) is 1.93. The Kier molecular flexibility index (Phi) is 7.34. The molecule has 0 amide bonds. The second kappa shape index (κ2) is 8.81. The zero-order valence-electron chi connectivity index (χ0n) is 12.5. The van der Waals surface area contributed by atoms with Crippen LogP contribution in [0.15, 0.2) is 18.2 Å². The molecule has 108 valence electrons. The third-order valence-electron chi connectivity index (χ3n) is 3.08. The van der Waals surface area contributed by atoms with Gasteiger partial charge in [0.15, 0.2) is 0 Å². The number of hydrogen-bond acceptors (Lipinski definition) is 3. The maximum Gasteiger partial charge on any atom is 0.142 e. The summed E-state index contributed by atoms with van der Waals surface area (Å²) < 4.78 is 5.75. The molecule has 0 saturated carbocycles. The lowest BCUT2D eigenvalue weighted by molar-refractivity contribution is 0.318. The molecule has 1 rings (SSSR count). The van der Waals surface area contributed by atoms with Crippen LogP contribution in [0.25, 0.3) is 0 Å². The summed E-state index contributed by atoms with van der Waals surface area (Å²) in [6, 6.07) is 6.44. The van der Waals surface area contributed by atoms with Crippen LogP contribution in [0.4, 0.5) is 5.69 Å². The number of rotatable bonds is 9. The second-order valence-corrected chi connectivity index (χ2v) is 5.13. The topological polar surface area (TPSA) is 47.3 Å². The van der Waals surface area contributed by atoms with Gasteiger partial charge in [-0.15, -0.1) is 0 Å². The number of aryl methyl sites for hydroxylation is 1. The van der Waals surface area contributed by atoms with Gasteiger partial charge < -0.3 is 15.8 Å². The highest BCUT2D eigenvalue weighted by Crippen LogP contribution is 2.25. The number of ether oxygens (including phenoxy) is 1. The van der Waals surface area contributed by atoms with E-state index in [0.29, 0.717) is 0 Å². The van der Waals surface area contributed by atoms with Crippen LogP contribution >= 0.6 is 0 Å². The molecule has 3 heteroatoms. The number of anilines is 1. The predicted molar refractivity (Wildman–Crippen MR) is 83.0 cm³/mol. The van der Waals surface area contributed by atoms with E-state index in [-0.39, 0.29) is 6.04 Å². The van der Waals surface area contributed by atoms with E-state index >= 15 is 0 Å². The first-order chi connectivity index (χ1) is 9.17. The number of benzene rings is 1. The molecule has 0 bridgehead atoms. The van der Waals surface area contributed by atoms with Crippen LogP contribution < -0.4 is 15.8 Å². The highest BCUT2D eigenvalue weighted by atomic mass is 16.5. The first-order valence-corrected chi connectivity index (χ1v) is 7.40. The second-order valence-electron chi connectivity index (χ2n) is 5.13. The van der Waals surface area contributed by atoms with Gasteiger partial charge in [-0.3, -0.25) is 0 Å². The van der Waals surface area contributed by atoms with Crippen molar-refractivity contribution in [3.63, 3.8) is 0 Å². The van der Waals surface area contributed by atoms with E-state index in [9.17, 15) is 0 Å². The highest BCUT2D eigenvalue weighted by molar-refractivity contribution is 5.58. The molecule has 0 aromatic heterocycles. The van der Waals surface area contributed by atoms with Crippen molar-refractivity contribution in [2.45, 2.75) is 52.5 Å². The molecule has 1 aromatic carbocycles. The van der Waals surface area contributed by atoms with Gasteiger partial charge >= 0.3 is 0 Å². The molecular weight excluding hydrogens is 236 g/mol. The Bertz CT molecular complexity index is 366. The summed E-state index contributed by atoms with van der Waals surface area (Å²) in [6.07, 6.45) is 4.47. The molecule has 3 N–H and O–H groups in total. The van der Waals surface area contributed by atoms with Gasteiger partial charge in [-0.1, -0.05) is 32.8 Å². The van der Waals surface area contributed by atoms with Gasteiger partial charge in [0.1, 0.15) is 5.75 Å².